The minimum absolute atomic E-state index is 0.674. The van der Waals surface area contributed by atoms with Gasteiger partial charge in [-0.05, 0) is 30.0 Å². The van der Waals surface area contributed by atoms with Crippen LogP contribution in [-0.2, 0) is 13.1 Å². The Morgan fingerprint density at radius 1 is 1.11 bits per heavy atom. The second kappa shape index (κ2) is 4.99. The summed E-state index contributed by atoms with van der Waals surface area (Å²) in [6, 6.07) is 14.7. The van der Waals surface area contributed by atoms with Crippen molar-refractivity contribution in [2.75, 3.05) is 0 Å². The van der Waals surface area contributed by atoms with Gasteiger partial charge in [0.05, 0.1) is 6.54 Å². The number of benzene rings is 1. The first-order valence-electron chi connectivity index (χ1n) is 6.66. The molecule has 2 heteroatoms. The molecule has 0 amide bonds. The van der Waals surface area contributed by atoms with Crippen molar-refractivity contribution < 1.29 is 4.42 Å². The lowest BCUT2D eigenvalue weighted by atomic mass is 10.2. The van der Waals surface area contributed by atoms with Gasteiger partial charge in [-0.2, -0.15) is 0 Å². The van der Waals surface area contributed by atoms with Crippen LogP contribution in [0.3, 0.4) is 0 Å². The molecule has 3 rings (SSSR count). The van der Waals surface area contributed by atoms with Crippen LogP contribution in [0.25, 0.3) is 0 Å². The summed E-state index contributed by atoms with van der Waals surface area (Å²) >= 11 is 0. The van der Waals surface area contributed by atoms with Gasteiger partial charge >= 0.3 is 0 Å². The summed E-state index contributed by atoms with van der Waals surface area (Å²) in [5, 5.41) is 3.41. The molecule has 1 heterocycles. The van der Waals surface area contributed by atoms with Crippen molar-refractivity contribution >= 4 is 0 Å². The molecule has 1 aliphatic rings. The van der Waals surface area contributed by atoms with E-state index in [9.17, 15) is 0 Å². The number of nitrogens with one attached hydrogen (secondary N) is 1. The average molecular weight is 241 g/mol. The van der Waals surface area contributed by atoms with Gasteiger partial charge in [0.25, 0.3) is 0 Å². The van der Waals surface area contributed by atoms with Crippen LogP contribution in [0.4, 0.5) is 0 Å². The van der Waals surface area contributed by atoms with Gasteiger partial charge in [-0.25, -0.2) is 0 Å². The highest BCUT2D eigenvalue weighted by Crippen LogP contribution is 2.47. The van der Waals surface area contributed by atoms with Gasteiger partial charge in [0.1, 0.15) is 11.5 Å². The summed E-state index contributed by atoms with van der Waals surface area (Å²) in [5.41, 5.74) is 1.31. The Kier molecular flexibility index (Phi) is 3.20. The lowest BCUT2D eigenvalue weighted by molar-refractivity contribution is 0.444. The van der Waals surface area contributed by atoms with E-state index in [0.29, 0.717) is 5.92 Å². The SMILES string of the molecule is C[C@H]1C[C@@H]1c1ccc(CNCc2ccccc2)o1. The molecule has 0 bridgehead atoms. The Labute approximate surface area is 108 Å². The molecule has 0 aliphatic heterocycles. The zero-order chi connectivity index (χ0) is 12.4. The molecule has 2 atom stereocenters. The molecule has 94 valence electrons. The maximum atomic E-state index is 5.85. The summed E-state index contributed by atoms with van der Waals surface area (Å²) in [5.74, 6) is 3.69. The fourth-order valence-electron chi connectivity index (χ4n) is 2.33. The van der Waals surface area contributed by atoms with Gasteiger partial charge in [-0.15, -0.1) is 0 Å². The quantitative estimate of drug-likeness (QED) is 0.863. The minimum Gasteiger partial charge on any atom is -0.464 e. The van der Waals surface area contributed by atoms with E-state index < -0.39 is 0 Å². The Hall–Kier alpha value is -1.54. The van der Waals surface area contributed by atoms with E-state index in [1.54, 1.807) is 0 Å². The predicted octanol–water partition coefficient (Wildman–Crippen LogP) is 3.69. The molecule has 0 saturated heterocycles. The van der Waals surface area contributed by atoms with Gasteiger partial charge in [0.2, 0.25) is 0 Å². The van der Waals surface area contributed by atoms with Gasteiger partial charge in [0.15, 0.2) is 0 Å². The summed E-state index contributed by atoms with van der Waals surface area (Å²) in [6.07, 6.45) is 1.28. The molecular formula is C16H19NO. The van der Waals surface area contributed by atoms with Crippen molar-refractivity contribution in [1.82, 2.24) is 5.32 Å². The highest BCUT2D eigenvalue weighted by atomic mass is 16.3. The first-order valence-corrected chi connectivity index (χ1v) is 6.66. The zero-order valence-electron chi connectivity index (χ0n) is 10.7. The highest BCUT2D eigenvalue weighted by Gasteiger charge is 2.36. The highest BCUT2D eigenvalue weighted by molar-refractivity contribution is 5.18. The van der Waals surface area contributed by atoms with Crippen molar-refractivity contribution in [3.05, 3.63) is 59.5 Å². The van der Waals surface area contributed by atoms with Crippen molar-refractivity contribution in [2.24, 2.45) is 5.92 Å². The molecule has 1 aromatic carbocycles. The van der Waals surface area contributed by atoms with Gasteiger partial charge in [0, 0.05) is 12.5 Å². The molecule has 1 aliphatic carbocycles. The maximum Gasteiger partial charge on any atom is 0.117 e. The number of furan rings is 1. The Morgan fingerprint density at radius 2 is 1.89 bits per heavy atom. The van der Waals surface area contributed by atoms with Crippen LogP contribution >= 0.6 is 0 Å². The maximum absolute atomic E-state index is 5.85. The van der Waals surface area contributed by atoms with Gasteiger partial charge in [-0.1, -0.05) is 37.3 Å². The fourth-order valence-corrected chi connectivity index (χ4v) is 2.33. The van der Waals surface area contributed by atoms with Crippen LogP contribution in [-0.4, -0.2) is 0 Å². The summed E-state index contributed by atoms with van der Waals surface area (Å²) < 4.78 is 5.85. The summed E-state index contributed by atoms with van der Waals surface area (Å²) in [7, 11) is 0. The number of hydrogen-bond donors (Lipinski definition) is 1. The van der Waals surface area contributed by atoms with Crippen molar-refractivity contribution in [1.29, 1.82) is 0 Å². The Balaban J connectivity index is 1.50. The smallest absolute Gasteiger partial charge is 0.117 e. The lowest BCUT2D eigenvalue weighted by Crippen LogP contribution is -2.11. The van der Waals surface area contributed by atoms with E-state index in [1.165, 1.54) is 17.7 Å². The molecule has 0 unspecified atom stereocenters. The van der Waals surface area contributed by atoms with E-state index in [2.05, 4.69) is 48.6 Å². The average Bonchev–Trinajstić information content (AvgIpc) is 2.94. The normalized spacial score (nSPS) is 22.1. The minimum atomic E-state index is 0.674. The molecule has 1 fully saturated rings. The number of rotatable bonds is 5. The standard InChI is InChI=1S/C16H19NO/c1-12-9-15(12)16-8-7-14(18-16)11-17-10-13-5-3-2-4-6-13/h2-8,12,15,17H,9-11H2,1H3/t12-,15-/m0/s1. The van der Waals surface area contributed by atoms with Crippen LogP contribution in [0.15, 0.2) is 46.9 Å². The molecular weight excluding hydrogens is 222 g/mol. The van der Waals surface area contributed by atoms with E-state index in [1.807, 2.05) is 6.07 Å². The second-order valence-corrected chi connectivity index (χ2v) is 5.21. The molecule has 2 nitrogen and oxygen atoms in total. The van der Waals surface area contributed by atoms with Crippen molar-refractivity contribution in [3.63, 3.8) is 0 Å². The van der Waals surface area contributed by atoms with Crippen molar-refractivity contribution in [2.45, 2.75) is 32.4 Å². The van der Waals surface area contributed by atoms with Crippen LogP contribution in [0, 0.1) is 5.92 Å². The largest absolute Gasteiger partial charge is 0.464 e. The first-order chi connectivity index (χ1) is 8.83. The van der Waals surface area contributed by atoms with Crippen molar-refractivity contribution in [3.8, 4) is 0 Å². The third-order valence-corrected chi connectivity index (χ3v) is 3.63. The molecule has 2 aromatic rings. The van der Waals surface area contributed by atoms with Crippen LogP contribution in [0.5, 0.6) is 0 Å². The second-order valence-electron chi connectivity index (χ2n) is 5.21. The van der Waals surface area contributed by atoms with Crippen LogP contribution < -0.4 is 5.32 Å². The van der Waals surface area contributed by atoms with E-state index >= 15 is 0 Å². The Morgan fingerprint density at radius 3 is 2.61 bits per heavy atom. The van der Waals surface area contributed by atoms with Gasteiger partial charge in [-0.3, -0.25) is 0 Å². The molecule has 0 radical (unpaired) electrons. The Bertz CT molecular complexity index is 503. The van der Waals surface area contributed by atoms with Gasteiger partial charge < -0.3 is 9.73 Å². The third-order valence-electron chi connectivity index (χ3n) is 3.63. The van der Waals surface area contributed by atoms with Crippen LogP contribution in [0.2, 0.25) is 0 Å². The number of hydrogen-bond acceptors (Lipinski definition) is 2. The van der Waals surface area contributed by atoms with E-state index in [0.717, 1.165) is 24.8 Å². The zero-order valence-corrected chi connectivity index (χ0v) is 10.7. The predicted molar refractivity (Wildman–Crippen MR) is 72.2 cm³/mol. The molecule has 18 heavy (non-hydrogen) atoms. The summed E-state index contributed by atoms with van der Waals surface area (Å²) in [4.78, 5) is 0. The molecule has 1 aromatic heterocycles. The van der Waals surface area contributed by atoms with Crippen LogP contribution in [0.1, 0.15) is 36.3 Å². The first kappa shape index (κ1) is 11.5. The fraction of sp³-hybridized carbons (Fsp3) is 0.375. The molecule has 1 N–H and O–H groups in total. The summed E-state index contributed by atoms with van der Waals surface area (Å²) in [6.45, 7) is 3.97. The topological polar surface area (TPSA) is 25.2 Å². The van der Waals surface area contributed by atoms with E-state index in [4.69, 9.17) is 4.42 Å². The lowest BCUT2D eigenvalue weighted by Gasteiger charge is -2.02. The molecule has 0 spiro atoms. The molecule has 1 saturated carbocycles. The van der Waals surface area contributed by atoms with E-state index in [-0.39, 0.29) is 0 Å². The third kappa shape index (κ3) is 2.65. The monoisotopic (exact) mass is 241 g/mol.